The van der Waals surface area contributed by atoms with Crippen LogP contribution in [-0.2, 0) is 9.32 Å². The van der Waals surface area contributed by atoms with Crippen LogP contribution in [0.4, 0.5) is 0 Å². The summed E-state index contributed by atoms with van der Waals surface area (Å²) in [5.74, 6) is 1.77. The zero-order valence-corrected chi connectivity index (χ0v) is 7.39. The molecule has 0 radical (unpaired) electrons. The summed E-state index contributed by atoms with van der Waals surface area (Å²) in [6.45, 7) is 2.07. The van der Waals surface area contributed by atoms with E-state index in [1.807, 2.05) is 9.47 Å². The minimum Gasteiger partial charge on any atom is -0.451 e. The van der Waals surface area contributed by atoms with Crippen molar-refractivity contribution in [1.29, 1.82) is 0 Å². The van der Waals surface area contributed by atoms with Gasteiger partial charge in [-0.25, -0.2) is 0 Å². The van der Waals surface area contributed by atoms with Crippen molar-refractivity contribution in [1.82, 2.24) is 0 Å². The van der Waals surface area contributed by atoms with Crippen LogP contribution < -0.4 is 0 Å². The number of thioether (sulfide) groups is 1. The van der Waals surface area contributed by atoms with Crippen LogP contribution in [0.5, 0.6) is 0 Å². The Labute approximate surface area is 62.0 Å². The highest BCUT2D eigenvalue weighted by Gasteiger charge is 1.97. The molecule has 1 atom stereocenters. The standard InChI is InChI=1S/C5H11O2PS/c1-2-9-4-3-5(6)7-8/h2-4,8H2,1H3. The maximum atomic E-state index is 10.4. The lowest BCUT2D eigenvalue weighted by molar-refractivity contribution is -0.132. The predicted octanol–water partition coefficient (Wildman–Crippen LogP) is 1.46. The first-order valence-electron chi connectivity index (χ1n) is 2.78. The van der Waals surface area contributed by atoms with Gasteiger partial charge in [-0.05, 0) is 5.75 Å². The molecule has 0 aromatic rings. The van der Waals surface area contributed by atoms with Crippen molar-refractivity contribution >= 4 is 27.2 Å². The fourth-order valence-electron chi connectivity index (χ4n) is 0.359. The molecular formula is C5H11O2PS. The molecule has 0 saturated carbocycles. The Hall–Kier alpha value is 0.250. The van der Waals surface area contributed by atoms with Crippen LogP contribution in [0.3, 0.4) is 0 Å². The lowest BCUT2D eigenvalue weighted by Gasteiger charge is -1.95. The van der Waals surface area contributed by atoms with Gasteiger partial charge in [0.25, 0.3) is 0 Å². The quantitative estimate of drug-likeness (QED) is 0.467. The molecule has 54 valence electrons. The monoisotopic (exact) mass is 166 g/mol. The average Bonchev–Trinajstić information content (AvgIpc) is 1.89. The van der Waals surface area contributed by atoms with E-state index in [1.165, 1.54) is 0 Å². The molecule has 0 aromatic carbocycles. The molecular weight excluding hydrogens is 155 g/mol. The van der Waals surface area contributed by atoms with E-state index in [-0.39, 0.29) is 5.97 Å². The molecule has 0 spiro atoms. The van der Waals surface area contributed by atoms with E-state index in [4.69, 9.17) is 0 Å². The maximum absolute atomic E-state index is 10.4. The molecule has 9 heavy (non-hydrogen) atoms. The Bertz CT molecular complexity index is 87.0. The molecule has 0 fully saturated rings. The summed E-state index contributed by atoms with van der Waals surface area (Å²) in [5, 5.41) is 0. The summed E-state index contributed by atoms with van der Waals surface area (Å²) in [5.41, 5.74) is 0. The summed E-state index contributed by atoms with van der Waals surface area (Å²) < 4.78 is 4.36. The largest absolute Gasteiger partial charge is 0.451 e. The van der Waals surface area contributed by atoms with Crippen molar-refractivity contribution in [2.45, 2.75) is 13.3 Å². The van der Waals surface area contributed by atoms with Crippen molar-refractivity contribution in [3.05, 3.63) is 0 Å². The summed E-state index contributed by atoms with van der Waals surface area (Å²) in [4.78, 5) is 10.4. The third-order valence-electron chi connectivity index (χ3n) is 0.786. The van der Waals surface area contributed by atoms with Gasteiger partial charge >= 0.3 is 5.97 Å². The summed E-state index contributed by atoms with van der Waals surface area (Å²) in [6.07, 6.45) is 0.516. The van der Waals surface area contributed by atoms with E-state index in [9.17, 15) is 4.79 Å². The van der Waals surface area contributed by atoms with Crippen LogP contribution in [0.15, 0.2) is 0 Å². The van der Waals surface area contributed by atoms with Gasteiger partial charge in [-0.3, -0.25) is 4.79 Å². The molecule has 0 aliphatic heterocycles. The Balaban J connectivity index is 2.97. The van der Waals surface area contributed by atoms with Crippen molar-refractivity contribution < 1.29 is 9.32 Å². The van der Waals surface area contributed by atoms with E-state index < -0.39 is 0 Å². The van der Waals surface area contributed by atoms with Gasteiger partial charge in [0.05, 0.1) is 15.9 Å². The maximum Gasteiger partial charge on any atom is 0.308 e. The van der Waals surface area contributed by atoms with Crippen molar-refractivity contribution in [3.63, 3.8) is 0 Å². The molecule has 0 heterocycles. The molecule has 4 heteroatoms. The third-order valence-corrected chi connectivity index (χ3v) is 1.95. The average molecular weight is 166 g/mol. The van der Waals surface area contributed by atoms with Crippen LogP contribution in [0.2, 0.25) is 0 Å². The van der Waals surface area contributed by atoms with E-state index >= 15 is 0 Å². The second-order valence-electron chi connectivity index (χ2n) is 1.44. The summed E-state index contributed by atoms with van der Waals surface area (Å²) >= 11 is 1.74. The predicted molar refractivity (Wildman–Crippen MR) is 43.4 cm³/mol. The lowest BCUT2D eigenvalue weighted by Crippen LogP contribution is -1.97. The molecule has 0 aromatic heterocycles. The van der Waals surface area contributed by atoms with Crippen LogP contribution in [0, 0.1) is 0 Å². The Morgan fingerprint density at radius 1 is 1.78 bits per heavy atom. The normalized spacial score (nSPS) is 9.11. The highest BCUT2D eigenvalue weighted by Crippen LogP contribution is 2.02. The first-order chi connectivity index (χ1) is 4.31. The van der Waals surface area contributed by atoms with Crippen LogP contribution in [0.25, 0.3) is 0 Å². The number of carbonyl (C=O) groups is 1. The SMILES string of the molecule is CCSCCC(=O)OP. The molecule has 2 nitrogen and oxygen atoms in total. The Kier molecular flexibility index (Phi) is 6.55. The molecule has 0 bridgehead atoms. The van der Waals surface area contributed by atoms with E-state index in [0.717, 1.165) is 11.5 Å². The molecule has 0 N–H and O–H groups in total. The first kappa shape index (κ1) is 9.25. The first-order valence-corrected chi connectivity index (χ1v) is 4.41. The topological polar surface area (TPSA) is 26.3 Å². The fraction of sp³-hybridized carbons (Fsp3) is 0.800. The smallest absolute Gasteiger partial charge is 0.308 e. The van der Waals surface area contributed by atoms with E-state index in [0.29, 0.717) is 6.42 Å². The Morgan fingerprint density at radius 3 is 2.89 bits per heavy atom. The molecule has 0 aliphatic carbocycles. The van der Waals surface area contributed by atoms with Gasteiger partial charge in [-0.2, -0.15) is 11.8 Å². The zero-order chi connectivity index (χ0) is 7.11. The molecule has 0 aliphatic rings. The summed E-state index contributed by atoms with van der Waals surface area (Å²) in [6, 6.07) is 0. The third kappa shape index (κ3) is 6.13. The fourth-order valence-corrected chi connectivity index (χ4v) is 1.08. The Morgan fingerprint density at radius 2 is 2.44 bits per heavy atom. The van der Waals surface area contributed by atoms with Gasteiger partial charge in [-0.1, -0.05) is 6.92 Å². The molecule has 0 amide bonds. The number of hydrogen-bond donors (Lipinski definition) is 0. The summed E-state index contributed by atoms with van der Waals surface area (Å²) in [7, 11) is 1.95. The van der Waals surface area contributed by atoms with E-state index in [2.05, 4.69) is 11.4 Å². The molecule has 0 rings (SSSR count). The van der Waals surface area contributed by atoms with Crippen LogP contribution in [-0.4, -0.2) is 17.5 Å². The van der Waals surface area contributed by atoms with Crippen LogP contribution in [0.1, 0.15) is 13.3 Å². The van der Waals surface area contributed by atoms with Gasteiger partial charge < -0.3 is 4.52 Å². The second kappa shape index (κ2) is 6.37. The lowest BCUT2D eigenvalue weighted by atomic mass is 10.5. The van der Waals surface area contributed by atoms with Gasteiger partial charge in [-0.15, -0.1) is 0 Å². The minimum absolute atomic E-state index is 0.152. The molecule has 1 unspecified atom stereocenters. The van der Waals surface area contributed by atoms with Gasteiger partial charge in [0, 0.05) is 5.75 Å². The number of rotatable bonds is 4. The second-order valence-corrected chi connectivity index (χ2v) is 3.07. The number of carbonyl (C=O) groups excluding carboxylic acids is 1. The molecule has 0 saturated heterocycles. The highest BCUT2D eigenvalue weighted by molar-refractivity contribution is 7.99. The van der Waals surface area contributed by atoms with Crippen LogP contribution >= 0.6 is 21.2 Å². The van der Waals surface area contributed by atoms with Crippen molar-refractivity contribution in [2.75, 3.05) is 11.5 Å². The van der Waals surface area contributed by atoms with Gasteiger partial charge in [0.2, 0.25) is 0 Å². The highest BCUT2D eigenvalue weighted by atomic mass is 32.2. The minimum atomic E-state index is -0.152. The number of hydrogen-bond acceptors (Lipinski definition) is 3. The van der Waals surface area contributed by atoms with Gasteiger partial charge in [0.1, 0.15) is 0 Å². The zero-order valence-electron chi connectivity index (χ0n) is 5.42. The van der Waals surface area contributed by atoms with Crippen molar-refractivity contribution in [3.8, 4) is 0 Å². The van der Waals surface area contributed by atoms with Gasteiger partial charge in [0.15, 0.2) is 0 Å². The van der Waals surface area contributed by atoms with Crippen molar-refractivity contribution in [2.24, 2.45) is 0 Å². The van der Waals surface area contributed by atoms with E-state index in [1.54, 1.807) is 11.8 Å².